The summed E-state index contributed by atoms with van der Waals surface area (Å²) in [7, 11) is -3.47. The summed E-state index contributed by atoms with van der Waals surface area (Å²) in [5.41, 5.74) is -1.06. The van der Waals surface area contributed by atoms with Crippen LogP contribution >= 0.6 is 7.60 Å². The van der Waals surface area contributed by atoms with Crippen LogP contribution in [0.1, 0.15) is 52.9 Å². The Hall–Kier alpha value is -0.260. The summed E-state index contributed by atoms with van der Waals surface area (Å²) in [5, 5.41) is 0. The van der Waals surface area contributed by atoms with E-state index in [1.165, 1.54) is 0 Å². The van der Waals surface area contributed by atoms with Gasteiger partial charge in [0.15, 0.2) is 5.79 Å². The topological polar surface area (TPSA) is 71.1 Å². The van der Waals surface area contributed by atoms with Crippen molar-refractivity contribution in [2.45, 2.75) is 64.3 Å². The van der Waals surface area contributed by atoms with Crippen LogP contribution in [-0.2, 0) is 27.9 Å². The summed E-state index contributed by atoms with van der Waals surface area (Å²) < 4.78 is 36.4. The van der Waals surface area contributed by atoms with Gasteiger partial charge in [0.1, 0.15) is 11.4 Å². The summed E-state index contributed by atoms with van der Waals surface area (Å²) >= 11 is 0. The van der Waals surface area contributed by atoms with Crippen LogP contribution in [0, 0.1) is 11.3 Å². The first-order chi connectivity index (χ1) is 11.4. The maximum atomic E-state index is 13.3. The Kier molecular flexibility index (Phi) is 5.25. The van der Waals surface area contributed by atoms with Gasteiger partial charge in [-0.15, -0.1) is 0 Å². The van der Waals surface area contributed by atoms with E-state index in [0.717, 1.165) is 19.3 Å². The molecule has 2 aliphatic carbocycles. The van der Waals surface area contributed by atoms with Gasteiger partial charge in [0, 0.05) is 18.3 Å². The molecule has 0 N–H and O–H groups in total. The van der Waals surface area contributed by atoms with Crippen LogP contribution in [-0.4, -0.2) is 43.7 Å². The van der Waals surface area contributed by atoms with Gasteiger partial charge in [-0.1, -0.05) is 6.92 Å². The van der Waals surface area contributed by atoms with Crippen molar-refractivity contribution in [1.82, 2.24) is 0 Å². The molecule has 0 bridgehead atoms. The van der Waals surface area contributed by atoms with Crippen LogP contribution < -0.4 is 0 Å². The Morgan fingerprint density at radius 3 is 2.42 bits per heavy atom. The molecule has 1 unspecified atom stereocenters. The fraction of sp³-hybridized carbons (Fsp3) is 0.941. The molecule has 3 aliphatic rings. The van der Waals surface area contributed by atoms with E-state index >= 15 is 0 Å². The lowest BCUT2D eigenvalue weighted by atomic mass is 9.57. The highest BCUT2D eigenvalue weighted by molar-refractivity contribution is 7.55. The largest absolute Gasteiger partial charge is 0.347 e. The molecule has 1 heterocycles. The third-order valence-corrected chi connectivity index (χ3v) is 8.49. The predicted octanol–water partition coefficient (Wildman–Crippen LogP) is 3.53. The molecule has 0 amide bonds. The third-order valence-electron chi connectivity index (χ3n) is 6.02. The second kappa shape index (κ2) is 6.81. The van der Waals surface area contributed by atoms with Crippen molar-refractivity contribution in [3.8, 4) is 0 Å². The minimum atomic E-state index is -3.47. The molecule has 24 heavy (non-hydrogen) atoms. The monoisotopic (exact) mass is 360 g/mol. The van der Waals surface area contributed by atoms with Gasteiger partial charge < -0.3 is 18.5 Å². The van der Waals surface area contributed by atoms with E-state index in [1.807, 2.05) is 0 Å². The van der Waals surface area contributed by atoms with Crippen molar-refractivity contribution < 1.29 is 27.9 Å². The quantitative estimate of drug-likeness (QED) is 0.699. The predicted molar refractivity (Wildman–Crippen MR) is 89.0 cm³/mol. The Morgan fingerprint density at radius 2 is 1.83 bits per heavy atom. The lowest BCUT2D eigenvalue weighted by Crippen LogP contribution is -2.59. The zero-order valence-corrected chi connectivity index (χ0v) is 15.8. The second-order valence-electron chi connectivity index (χ2n) is 7.22. The minimum Gasteiger partial charge on any atom is -0.347 e. The van der Waals surface area contributed by atoms with Crippen LogP contribution in [0.3, 0.4) is 0 Å². The lowest BCUT2D eigenvalue weighted by Gasteiger charge is -2.56. The fourth-order valence-electron chi connectivity index (χ4n) is 4.83. The Balaban J connectivity index is 1.94. The number of ketones is 1. The van der Waals surface area contributed by atoms with E-state index in [0.29, 0.717) is 26.1 Å². The van der Waals surface area contributed by atoms with Crippen molar-refractivity contribution in [3.63, 3.8) is 0 Å². The molecule has 0 aromatic heterocycles. The smallest absolute Gasteiger partial charge is 0.341 e. The highest BCUT2D eigenvalue weighted by Crippen LogP contribution is 2.65. The molecule has 3 rings (SSSR count). The highest BCUT2D eigenvalue weighted by Gasteiger charge is 2.64. The van der Waals surface area contributed by atoms with Crippen LogP contribution in [0.2, 0.25) is 0 Å². The standard InChI is InChI=1S/C17H29O6P/c1-4-22-24(19,23-5-2)15-12-16(3)13(11-14(15)18)7-6-8-17(16)20-9-10-21-17/h13,15H,4-12H2,1-3H3/t13-,15?,16+/m1/s1. The maximum Gasteiger partial charge on any atom is 0.341 e. The summed E-state index contributed by atoms with van der Waals surface area (Å²) in [6.45, 7) is 7.36. The molecule has 0 aromatic rings. The molecule has 138 valence electrons. The van der Waals surface area contributed by atoms with Crippen molar-refractivity contribution in [2.75, 3.05) is 26.4 Å². The van der Waals surface area contributed by atoms with Gasteiger partial charge in [-0.3, -0.25) is 9.36 Å². The Morgan fingerprint density at radius 1 is 1.21 bits per heavy atom. The molecule has 3 fully saturated rings. The van der Waals surface area contributed by atoms with Gasteiger partial charge in [-0.2, -0.15) is 0 Å². The third kappa shape index (κ3) is 2.80. The van der Waals surface area contributed by atoms with Crippen LogP contribution in [0.25, 0.3) is 0 Å². The van der Waals surface area contributed by atoms with Gasteiger partial charge in [0.05, 0.1) is 26.4 Å². The number of Topliss-reactive ketones (excluding diaryl/α,β-unsaturated/α-hetero) is 1. The molecule has 1 saturated heterocycles. The summed E-state index contributed by atoms with van der Waals surface area (Å²) in [6.07, 6.45) is 3.64. The van der Waals surface area contributed by atoms with Crippen LogP contribution in [0.4, 0.5) is 0 Å². The van der Waals surface area contributed by atoms with E-state index in [1.54, 1.807) is 13.8 Å². The van der Waals surface area contributed by atoms with Gasteiger partial charge in [-0.25, -0.2) is 0 Å². The van der Waals surface area contributed by atoms with Crippen molar-refractivity contribution in [2.24, 2.45) is 11.3 Å². The molecule has 2 saturated carbocycles. The average molecular weight is 360 g/mol. The number of fused-ring (bicyclic) bond motifs is 2. The van der Waals surface area contributed by atoms with E-state index < -0.39 is 19.0 Å². The summed E-state index contributed by atoms with van der Waals surface area (Å²) in [5.74, 6) is -0.458. The first kappa shape index (κ1) is 18.5. The SMILES string of the molecule is CCOP(=O)(OCC)C1C[C@@]2(C)[C@H](CCCC23OCCO3)CC1=O. The van der Waals surface area contributed by atoms with Gasteiger partial charge >= 0.3 is 7.60 Å². The summed E-state index contributed by atoms with van der Waals surface area (Å²) in [6, 6.07) is 0. The fourth-order valence-corrected chi connectivity index (χ4v) is 7.05. The van der Waals surface area contributed by atoms with E-state index in [9.17, 15) is 9.36 Å². The van der Waals surface area contributed by atoms with Crippen LogP contribution in [0.5, 0.6) is 0 Å². The molecule has 3 atom stereocenters. The molecule has 0 aromatic carbocycles. The lowest BCUT2D eigenvalue weighted by molar-refractivity contribution is -0.273. The number of carbonyl (C=O) groups is 1. The van der Waals surface area contributed by atoms with Crippen molar-refractivity contribution in [3.05, 3.63) is 0 Å². The number of rotatable bonds is 5. The molecule has 6 nitrogen and oxygen atoms in total. The van der Waals surface area contributed by atoms with Crippen molar-refractivity contribution in [1.29, 1.82) is 0 Å². The average Bonchev–Trinajstić information content (AvgIpc) is 3.00. The van der Waals surface area contributed by atoms with Gasteiger partial charge in [0.25, 0.3) is 0 Å². The number of carbonyl (C=O) groups excluding carboxylic acids is 1. The molecule has 1 spiro atoms. The van der Waals surface area contributed by atoms with Gasteiger partial charge in [-0.05, 0) is 39.0 Å². The second-order valence-corrected chi connectivity index (χ2v) is 9.44. The number of hydrogen-bond acceptors (Lipinski definition) is 6. The van der Waals surface area contributed by atoms with Gasteiger partial charge in [0.2, 0.25) is 0 Å². The summed E-state index contributed by atoms with van der Waals surface area (Å²) in [4.78, 5) is 12.8. The first-order valence-electron chi connectivity index (χ1n) is 9.10. The zero-order chi connectivity index (χ0) is 17.4. The molecule has 1 aliphatic heterocycles. The number of ether oxygens (including phenoxy) is 2. The van der Waals surface area contributed by atoms with Crippen LogP contribution in [0.15, 0.2) is 0 Å². The molecular weight excluding hydrogens is 331 g/mol. The maximum absolute atomic E-state index is 13.3. The minimum absolute atomic E-state index is 0.00208. The molecular formula is C17H29O6P. The zero-order valence-electron chi connectivity index (χ0n) is 14.9. The first-order valence-corrected chi connectivity index (χ1v) is 10.7. The van der Waals surface area contributed by atoms with Crippen molar-refractivity contribution >= 4 is 13.4 Å². The van der Waals surface area contributed by atoms with E-state index in [2.05, 4.69) is 6.92 Å². The Bertz CT molecular complexity index is 519. The Labute approximate surface area is 144 Å². The van der Waals surface area contributed by atoms with E-state index in [-0.39, 0.29) is 30.3 Å². The highest BCUT2D eigenvalue weighted by atomic mass is 31.2. The normalized spacial score (nSPS) is 36.0. The molecule has 7 heteroatoms. The van der Waals surface area contributed by atoms with E-state index in [4.69, 9.17) is 18.5 Å². The molecule has 0 radical (unpaired) electrons. The number of hydrogen-bond donors (Lipinski definition) is 0.